The first kappa shape index (κ1) is 27.2. The summed E-state index contributed by atoms with van der Waals surface area (Å²) in [5.41, 5.74) is 0. The third kappa shape index (κ3) is 5.24. The van der Waals surface area contributed by atoms with Crippen LogP contribution in [0.25, 0.3) is 0 Å². The van der Waals surface area contributed by atoms with Crippen LogP contribution in [0, 0.1) is 11.8 Å². The van der Waals surface area contributed by atoms with Gasteiger partial charge in [0.15, 0.2) is 24.6 Å². The highest BCUT2D eigenvalue weighted by Crippen LogP contribution is 2.51. The molecule has 0 aromatic carbocycles. The topological polar surface area (TPSA) is 178 Å². The van der Waals surface area contributed by atoms with Crippen LogP contribution >= 0.6 is 0 Å². The van der Waals surface area contributed by atoms with E-state index in [1.165, 1.54) is 6.92 Å². The number of alkyl halides is 2. The van der Waals surface area contributed by atoms with Crippen LogP contribution in [-0.4, -0.2) is 85.5 Å². The summed E-state index contributed by atoms with van der Waals surface area (Å²) in [6, 6.07) is 0. The average Bonchev–Trinajstić information content (AvgIpc) is 3.35. The zero-order valence-corrected chi connectivity index (χ0v) is 19.6. The number of carbonyl (C=O) groups excluding carboxylic acids is 4. The molecule has 16 heteroatoms. The van der Waals surface area contributed by atoms with Crippen molar-refractivity contribution in [3.8, 4) is 0 Å². The number of halogens is 2. The normalized spacial score (nSPS) is 31.0. The van der Waals surface area contributed by atoms with Gasteiger partial charge in [-0.05, 0) is 20.8 Å². The monoisotopic (exact) mass is 530 g/mol. The molecule has 3 rings (SSSR count). The zero-order valence-electron chi connectivity index (χ0n) is 18.8. The van der Waals surface area contributed by atoms with Crippen LogP contribution in [0.3, 0.4) is 0 Å². The minimum absolute atomic E-state index is 0.268. The van der Waals surface area contributed by atoms with Crippen molar-refractivity contribution in [2.24, 2.45) is 11.8 Å². The molecule has 1 N–H and O–H groups in total. The van der Waals surface area contributed by atoms with Crippen LogP contribution < -0.4 is 0 Å². The van der Waals surface area contributed by atoms with Gasteiger partial charge >= 0.3 is 39.2 Å². The van der Waals surface area contributed by atoms with Crippen molar-refractivity contribution in [2.45, 2.75) is 75.7 Å². The van der Waals surface area contributed by atoms with Crippen molar-refractivity contribution in [3.05, 3.63) is 0 Å². The second kappa shape index (κ2) is 9.91. The number of esters is 4. The van der Waals surface area contributed by atoms with Gasteiger partial charge in [-0.25, -0.2) is 0 Å². The Morgan fingerprint density at radius 1 is 1.09 bits per heavy atom. The van der Waals surface area contributed by atoms with E-state index in [2.05, 4.69) is 4.74 Å². The quantitative estimate of drug-likeness (QED) is 0.163. The SMILES string of the molecule is CCOC(C)OC(=O)C1C2OC3C(OC(=O)C31)C2OC(=O)CCC(=O)OC(C)C(F)(F)S(=O)(=O)O. The Labute approximate surface area is 198 Å². The number of fused-ring (bicyclic) bond motifs is 1. The fourth-order valence-electron chi connectivity index (χ4n) is 4.20. The number of hydrogen-bond acceptors (Lipinski definition) is 12. The molecule has 198 valence electrons. The first-order chi connectivity index (χ1) is 16.2. The molecule has 8 atom stereocenters. The van der Waals surface area contributed by atoms with Gasteiger partial charge in [0.1, 0.15) is 24.0 Å². The fraction of sp³-hybridized carbons (Fsp3) is 0.789. The molecule has 0 aliphatic carbocycles. The number of rotatable bonds is 11. The molecule has 0 radical (unpaired) electrons. The maximum Gasteiger partial charge on any atom is 0.405 e. The average molecular weight is 530 g/mol. The van der Waals surface area contributed by atoms with Gasteiger partial charge < -0.3 is 28.4 Å². The third-order valence-electron chi connectivity index (χ3n) is 5.79. The molecule has 3 aliphatic rings. The molecule has 0 spiro atoms. The maximum absolute atomic E-state index is 13.5. The first-order valence-corrected chi connectivity index (χ1v) is 12.0. The van der Waals surface area contributed by atoms with Crippen LogP contribution in [0.15, 0.2) is 0 Å². The highest BCUT2D eigenvalue weighted by Gasteiger charge is 2.72. The van der Waals surface area contributed by atoms with E-state index in [1.54, 1.807) is 6.92 Å². The lowest BCUT2D eigenvalue weighted by Gasteiger charge is -2.28. The van der Waals surface area contributed by atoms with E-state index in [0.29, 0.717) is 6.92 Å². The molecule has 8 unspecified atom stereocenters. The number of carbonyl (C=O) groups is 4. The standard InChI is InChI=1S/C19H24F2O13S/c1-4-29-8(3)31-17(24)11-12-14-16(34-18(12)25)15(13(11)33-14)32-10(23)6-5-9(22)30-7(2)19(20,21)35(26,27)28/h7-8,11-16H,4-6H2,1-3H3,(H,26,27,28). The van der Waals surface area contributed by atoms with Crippen molar-refractivity contribution < 1.29 is 69.4 Å². The van der Waals surface area contributed by atoms with Crippen molar-refractivity contribution in [3.63, 3.8) is 0 Å². The van der Waals surface area contributed by atoms with Crippen molar-refractivity contribution in [2.75, 3.05) is 6.61 Å². The van der Waals surface area contributed by atoms with E-state index in [4.69, 9.17) is 28.2 Å². The summed E-state index contributed by atoms with van der Waals surface area (Å²) in [6.45, 7) is 3.99. The molecule has 35 heavy (non-hydrogen) atoms. The van der Waals surface area contributed by atoms with Gasteiger partial charge in [-0.1, -0.05) is 0 Å². The lowest BCUT2D eigenvalue weighted by molar-refractivity contribution is -0.184. The van der Waals surface area contributed by atoms with E-state index >= 15 is 0 Å². The summed E-state index contributed by atoms with van der Waals surface area (Å²) in [5, 5.41) is -4.75. The smallest absolute Gasteiger partial charge is 0.405 e. The number of hydrogen-bond donors (Lipinski definition) is 1. The molecule has 3 aliphatic heterocycles. The van der Waals surface area contributed by atoms with Gasteiger partial charge in [0, 0.05) is 6.61 Å². The summed E-state index contributed by atoms with van der Waals surface area (Å²) < 4.78 is 87.6. The van der Waals surface area contributed by atoms with E-state index in [0.717, 1.165) is 0 Å². The van der Waals surface area contributed by atoms with Gasteiger partial charge in [-0.3, -0.25) is 23.7 Å². The molecular weight excluding hydrogens is 506 g/mol. The number of ether oxygens (including phenoxy) is 6. The van der Waals surface area contributed by atoms with Crippen LogP contribution in [0.5, 0.6) is 0 Å². The lowest BCUT2D eigenvalue weighted by atomic mass is 9.78. The first-order valence-electron chi connectivity index (χ1n) is 10.6. The van der Waals surface area contributed by atoms with Crippen LogP contribution in [0.4, 0.5) is 8.78 Å². The summed E-state index contributed by atoms with van der Waals surface area (Å²) >= 11 is 0. The molecule has 0 aromatic rings. The summed E-state index contributed by atoms with van der Waals surface area (Å²) in [7, 11) is -5.84. The van der Waals surface area contributed by atoms with Gasteiger partial charge in [0.25, 0.3) is 0 Å². The predicted octanol–water partition coefficient (Wildman–Crippen LogP) is -0.0448. The Kier molecular flexibility index (Phi) is 7.69. The Morgan fingerprint density at radius 3 is 2.31 bits per heavy atom. The fourth-order valence-corrected chi connectivity index (χ4v) is 4.67. The van der Waals surface area contributed by atoms with Gasteiger partial charge in [-0.2, -0.15) is 17.2 Å². The predicted molar refractivity (Wildman–Crippen MR) is 104 cm³/mol. The second-order valence-electron chi connectivity index (χ2n) is 8.10. The molecule has 3 heterocycles. The molecule has 3 fully saturated rings. The Balaban J connectivity index is 1.57. The van der Waals surface area contributed by atoms with Gasteiger partial charge in [0.2, 0.25) is 0 Å². The lowest BCUT2D eigenvalue weighted by Crippen LogP contribution is -2.48. The highest BCUT2D eigenvalue weighted by atomic mass is 32.2. The molecule has 3 saturated heterocycles. The van der Waals surface area contributed by atoms with E-state index in [9.17, 15) is 36.4 Å². The summed E-state index contributed by atoms with van der Waals surface area (Å²) in [5.74, 6) is -5.97. The van der Waals surface area contributed by atoms with Crippen molar-refractivity contribution >= 4 is 34.0 Å². The van der Waals surface area contributed by atoms with Crippen LogP contribution in [-0.2, 0) is 57.7 Å². The molecular formula is C19H24F2O13S. The molecule has 2 bridgehead atoms. The minimum Gasteiger partial charge on any atom is -0.455 e. The Bertz CT molecular complexity index is 983. The molecule has 13 nitrogen and oxygen atoms in total. The third-order valence-corrected chi connectivity index (χ3v) is 6.81. The minimum atomic E-state index is -5.84. The molecule has 0 saturated carbocycles. The van der Waals surface area contributed by atoms with Gasteiger partial charge in [-0.15, -0.1) is 0 Å². The largest absolute Gasteiger partial charge is 0.455 e. The summed E-state index contributed by atoms with van der Waals surface area (Å²) in [4.78, 5) is 48.9. The summed E-state index contributed by atoms with van der Waals surface area (Å²) in [6.07, 6.45) is -8.94. The van der Waals surface area contributed by atoms with Crippen molar-refractivity contribution in [1.82, 2.24) is 0 Å². The Morgan fingerprint density at radius 2 is 1.71 bits per heavy atom. The van der Waals surface area contributed by atoms with E-state index < -0.39 is 101 Å². The van der Waals surface area contributed by atoms with Crippen LogP contribution in [0.2, 0.25) is 0 Å². The van der Waals surface area contributed by atoms with Crippen LogP contribution in [0.1, 0.15) is 33.6 Å². The molecule has 0 amide bonds. The second-order valence-corrected chi connectivity index (χ2v) is 9.60. The molecule has 0 aromatic heterocycles. The van der Waals surface area contributed by atoms with E-state index in [-0.39, 0.29) is 6.61 Å². The van der Waals surface area contributed by atoms with E-state index in [1.807, 2.05) is 0 Å². The zero-order chi connectivity index (χ0) is 26.3. The van der Waals surface area contributed by atoms with Crippen molar-refractivity contribution in [1.29, 1.82) is 0 Å². The maximum atomic E-state index is 13.5. The van der Waals surface area contributed by atoms with Gasteiger partial charge in [0.05, 0.1) is 12.8 Å². The highest BCUT2D eigenvalue weighted by molar-refractivity contribution is 7.86. The Hall–Kier alpha value is -2.43.